The van der Waals surface area contributed by atoms with E-state index in [4.69, 9.17) is 22.7 Å². The number of amides is 1. The van der Waals surface area contributed by atoms with E-state index in [1.54, 1.807) is 12.1 Å². The fourth-order valence-corrected chi connectivity index (χ4v) is 2.98. The second-order valence-electron chi connectivity index (χ2n) is 7.22. The lowest BCUT2D eigenvalue weighted by molar-refractivity contribution is 0.0958. The molecule has 0 aliphatic carbocycles. The number of rotatable bonds is 4. The van der Waals surface area contributed by atoms with Crippen molar-refractivity contribution in [1.82, 2.24) is 25.3 Å². The minimum atomic E-state index is -0.318. The molecule has 3 aromatic rings. The summed E-state index contributed by atoms with van der Waals surface area (Å²) in [4.78, 5) is 27.4. The van der Waals surface area contributed by atoms with Crippen LogP contribution < -0.4 is 16.4 Å². The van der Waals surface area contributed by atoms with Crippen molar-refractivity contribution in [2.45, 2.75) is 26.3 Å². The number of nitrogens with one attached hydrogen (secondary N) is 4. The maximum atomic E-state index is 11.8. The first-order chi connectivity index (χ1) is 13.1. The summed E-state index contributed by atoms with van der Waals surface area (Å²) in [5.41, 5.74) is 7.05. The molecule has 6 N–H and O–H groups in total. The molecule has 0 unspecified atom stereocenters. The predicted molar refractivity (Wildman–Crippen MR) is 110 cm³/mol. The van der Waals surface area contributed by atoms with Gasteiger partial charge in [-0.05, 0) is 32.9 Å². The highest BCUT2D eigenvalue weighted by Gasteiger charge is 2.24. The average molecular weight is 401 g/mol. The molecule has 3 heterocycles. The molecule has 0 radical (unpaired) electrons. The Morgan fingerprint density at radius 1 is 1.29 bits per heavy atom. The van der Waals surface area contributed by atoms with E-state index in [9.17, 15) is 4.79 Å². The van der Waals surface area contributed by atoms with Crippen molar-refractivity contribution < 1.29 is 4.79 Å². The van der Waals surface area contributed by atoms with Crippen LogP contribution in [0.25, 0.3) is 11.0 Å². The summed E-state index contributed by atoms with van der Waals surface area (Å²) in [6, 6.07) is 3.25. The van der Waals surface area contributed by atoms with Crippen LogP contribution in [0.3, 0.4) is 0 Å². The number of hydrogen-bond acceptors (Lipinski definition) is 7. The van der Waals surface area contributed by atoms with Gasteiger partial charge in [0.25, 0.3) is 5.91 Å². The Morgan fingerprint density at radius 3 is 2.64 bits per heavy atom. The van der Waals surface area contributed by atoms with Gasteiger partial charge in [-0.15, -0.1) is 0 Å². The monoisotopic (exact) mass is 400 g/mol. The SMILES string of the molecule is CNC(=O)c1ccc2c(Cl)c(C(=N)c3c(N)ncnc3NC(C)(C)C)[nH]c2n1. The van der Waals surface area contributed by atoms with Crippen LogP contribution in [0.5, 0.6) is 0 Å². The summed E-state index contributed by atoms with van der Waals surface area (Å²) in [5.74, 6) is 0.265. The van der Waals surface area contributed by atoms with Crippen molar-refractivity contribution in [3.05, 3.63) is 40.4 Å². The zero-order valence-corrected chi connectivity index (χ0v) is 16.7. The van der Waals surface area contributed by atoms with Gasteiger partial charge in [0.05, 0.1) is 22.0 Å². The van der Waals surface area contributed by atoms with Crippen LogP contribution in [0.1, 0.15) is 42.5 Å². The van der Waals surface area contributed by atoms with E-state index in [2.05, 4.69) is 30.6 Å². The topological polar surface area (TPSA) is 145 Å². The Labute approximate surface area is 166 Å². The predicted octanol–water partition coefficient (Wildman–Crippen LogP) is 2.57. The molecule has 10 heteroatoms. The number of carbonyl (C=O) groups excluding carboxylic acids is 1. The van der Waals surface area contributed by atoms with Gasteiger partial charge in [-0.25, -0.2) is 15.0 Å². The van der Waals surface area contributed by atoms with Crippen LogP contribution >= 0.6 is 11.6 Å². The summed E-state index contributed by atoms with van der Waals surface area (Å²) in [6.45, 7) is 5.91. The van der Waals surface area contributed by atoms with E-state index in [1.165, 1.54) is 13.4 Å². The molecule has 3 rings (SSSR count). The molecule has 0 saturated carbocycles. The molecule has 146 valence electrons. The number of nitrogens with two attached hydrogens (primary N) is 1. The summed E-state index contributed by atoms with van der Waals surface area (Å²) in [7, 11) is 1.53. The molecule has 9 nitrogen and oxygen atoms in total. The van der Waals surface area contributed by atoms with Crippen LogP contribution in [-0.2, 0) is 0 Å². The van der Waals surface area contributed by atoms with Crippen LogP contribution in [0, 0.1) is 5.41 Å². The van der Waals surface area contributed by atoms with Gasteiger partial charge >= 0.3 is 0 Å². The Hall–Kier alpha value is -3.20. The molecule has 0 aromatic carbocycles. The number of fused-ring (bicyclic) bond motifs is 1. The molecular formula is C18H21ClN8O. The second-order valence-corrected chi connectivity index (χ2v) is 7.60. The van der Waals surface area contributed by atoms with Gasteiger partial charge in [0, 0.05) is 18.0 Å². The summed E-state index contributed by atoms with van der Waals surface area (Å²) in [5, 5.41) is 15.3. The lowest BCUT2D eigenvalue weighted by Gasteiger charge is -2.23. The van der Waals surface area contributed by atoms with E-state index in [0.29, 0.717) is 33.1 Å². The largest absolute Gasteiger partial charge is 0.383 e. The summed E-state index contributed by atoms with van der Waals surface area (Å²) < 4.78 is 0. The lowest BCUT2D eigenvalue weighted by atomic mass is 10.1. The van der Waals surface area contributed by atoms with Gasteiger partial charge in [0.15, 0.2) is 0 Å². The number of nitrogens with zero attached hydrogens (tertiary/aromatic N) is 3. The van der Waals surface area contributed by atoms with Gasteiger partial charge in [0.2, 0.25) is 0 Å². The lowest BCUT2D eigenvalue weighted by Crippen LogP contribution is -2.28. The number of aromatic amines is 1. The number of nitrogen functional groups attached to an aromatic ring is 1. The van der Waals surface area contributed by atoms with Gasteiger partial charge in [-0.1, -0.05) is 11.6 Å². The van der Waals surface area contributed by atoms with E-state index in [1.807, 2.05) is 20.8 Å². The summed E-state index contributed by atoms with van der Waals surface area (Å²) >= 11 is 6.49. The third-order valence-corrected chi connectivity index (χ3v) is 4.32. The number of H-pyrrole nitrogens is 1. The molecule has 3 aromatic heterocycles. The number of anilines is 2. The number of carbonyl (C=O) groups is 1. The average Bonchev–Trinajstić information content (AvgIpc) is 2.95. The highest BCUT2D eigenvalue weighted by Crippen LogP contribution is 2.31. The minimum absolute atomic E-state index is 0.0225. The second kappa shape index (κ2) is 7.08. The molecule has 0 bridgehead atoms. The Bertz CT molecular complexity index is 1080. The van der Waals surface area contributed by atoms with Crippen molar-refractivity contribution in [3.63, 3.8) is 0 Å². The Morgan fingerprint density at radius 2 is 2.00 bits per heavy atom. The number of halogens is 1. The Balaban J connectivity index is 2.12. The highest BCUT2D eigenvalue weighted by atomic mass is 35.5. The Kier molecular flexibility index (Phi) is 4.95. The zero-order valence-electron chi connectivity index (χ0n) is 15.9. The van der Waals surface area contributed by atoms with E-state index in [0.717, 1.165) is 0 Å². The molecule has 0 fully saturated rings. The molecule has 0 spiro atoms. The van der Waals surface area contributed by atoms with Crippen LogP contribution in [-0.4, -0.2) is 44.1 Å². The van der Waals surface area contributed by atoms with Crippen molar-refractivity contribution >= 4 is 45.9 Å². The first-order valence-corrected chi connectivity index (χ1v) is 8.88. The van der Waals surface area contributed by atoms with E-state index in [-0.39, 0.29) is 28.7 Å². The fourth-order valence-electron chi connectivity index (χ4n) is 2.69. The number of aromatic nitrogens is 4. The molecule has 0 aliphatic rings. The summed E-state index contributed by atoms with van der Waals surface area (Å²) in [6.07, 6.45) is 1.34. The van der Waals surface area contributed by atoms with Crippen LogP contribution in [0.2, 0.25) is 5.02 Å². The quantitative estimate of drug-likeness (QED) is 0.425. The highest BCUT2D eigenvalue weighted by molar-refractivity contribution is 6.40. The van der Waals surface area contributed by atoms with Crippen LogP contribution in [0.15, 0.2) is 18.5 Å². The van der Waals surface area contributed by atoms with Crippen molar-refractivity contribution in [2.24, 2.45) is 0 Å². The third-order valence-electron chi connectivity index (χ3n) is 3.92. The van der Waals surface area contributed by atoms with Gasteiger partial charge < -0.3 is 21.4 Å². The molecule has 0 saturated heterocycles. The van der Waals surface area contributed by atoms with Gasteiger partial charge in [0.1, 0.15) is 29.3 Å². The number of hydrogen-bond donors (Lipinski definition) is 5. The normalized spacial score (nSPS) is 11.5. The molecular weight excluding hydrogens is 380 g/mol. The molecule has 0 atom stereocenters. The van der Waals surface area contributed by atoms with Crippen molar-refractivity contribution in [1.29, 1.82) is 5.41 Å². The third kappa shape index (κ3) is 3.61. The number of pyridine rings is 1. The van der Waals surface area contributed by atoms with Gasteiger partial charge in [-0.3, -0.25) is 10.2 Å². The van der Waals surface area contributed by atoms with Crippen molar-refractivity contribution in [3.8, 4) is 0 Å². The van der Waals surface area contributed by atoms with Crippen molar-refractivity contribution in [2.75, 3.05) is 18.1 Å². The van der Waals surface area contributed by atoms with Crippen LogP contribution in [0.4, 0.5) is 11.6 Å². The maximum absolute atomic E-state index is 11.8. The molecule has 28 heavy (non-hydrogen) atoms. The minimum Gasteiger partial charge on any atom is -0.383 e. The van der Waals surface area contributed by atoms with Gasteiger partial charge in [-0.2, -0.15) is 0 Å². The molecule has 0 aliphatic heterocycles. The first-order valence-electron chi connectivity index (χ1n) is 8.50. The zero-order chi connectivity index (χ0) is 20.6. The standard InChI is InChI=1S/C18H21ClN8O/c1-18(2,3)27-16-10(14(21)23-7-24-16)12(20)13-11(19)8-5-6-9(17(28)22-4)25-15(8)26-13/h5-7,20H,1-4H3,(H,22,28)(H,25,26)(H3,21,23,24,27). The van der Waals surface area contributed by atoms with E-state index < -0.39 is 0 Å². The smallest absolute Gasteiger partial charge is 0.269 e. The molecule has 1 amide bonds. The fraction of sp³-hybridized carbons (Fsp3) is 0.278. The van der Waals surface area contributed by atoms with E-state index >= 15 is 0 Å². The maximum Gasteiger partial charge on any atom is 0.269 e. The first kappa shape index (κ1) is 19.6.